The Labute approximate surface area is 111 Å². The lowest BCUT2D eigenvalue weighted by Crippen LogP contribution is -2.50. The average Bonchev–Trinajstić information content (AvgIpc) is 2.83. The molecule has 0 spiro atoms. The van der Waals surface area contributed by atoms with Crippen molar-refractivity contribution in [3.8, 4) is 0 Å². The van der Waals surface area contributed by atoms with Crippen molar-refractivity contribution in [2.24, 2.45) is 0 Å². The van der Waals surface area contributed by atoms with Crippen molar-refractivity contribution in [2.75, 3.05) is 19.7 Å². The van der Waals surface area contributed by atoms with Crippen LogP contribution in [0.25, 0.3) is 0 Å². The van der Waals surface area contributed by atoms with Crippen molar-refractivity contribution >= 4 is 0 Å². The monoisotopic (exact) mass is 252 g/mol. The van der Waals surface area contributed by atoms with E-state index in [2.05, 4.69) is 17.1 Å². The van der Waals surface area contributed by atoms with Crippen molar-refractivity contribution in [3.05, 3.63) is 0 Å². The summed E-state index contributed by atoms with van der Waals surface area (Å²) in [4.78, 5) is 2.72. The number of nitrogens with zero attached hydrogens (tertiary/aromatic N) is 1. The topological polar surface area (TPSA) is 24.5 Å². The van der Waals surface area contributed by atoms with Crippen molar-refractivity contribution in [2.45, 2.75) is 76.1 Å². The van der Waals surface area contributed by atoms with Gasteiger partial charge in [-0.2, -0.15) is 0 Å². The van der Waals surface area contributed by atoms with E-state index in [0.29, 0.717) is 12.1 Å². The van der Waals surface area contributed by atoms with Crippen molar-refractivity contribution in [1.82, 2.24) is 10.2 Å². The number of fused-ring (bicyclic) bond motifs is 1. The minimum Gasteiger partial charge on any atom is -0.378 e. The molecule has 3 fully saturated rings. The molecule has 4 atom stereocenters. The van der Waals surface area contributed by atoms with Gasteiger partial charge < -0.3 is 10.1 Å². The van der Waals surface area contributed by atoms with Gasteiger partial charge in [-0.15, -0.1) is 0 Å². The zero-order valence-corrected chi connectivity index (χ0v) is 11.7. The Bertz CT molecular complexity index is 271. The molecule has 0 saturated carbocycles. The van der Waals surface area contributed by atoms with Gasteiger partial charge in [0.15, 0.2) is 0 Å². The van der Waals surface area contributed by atoms with E-state index in [1.165, 1.54) is 58.0 Å². The Morgan fingerprint density at radius 2 is 2.11 bits per heavy atom. The summed E-state index contributed by atoms with van der Waals surface area (Å²) in [6.45, 7) is 5.86. The highest BCUT2D eigenvalue weighted by Gasteiger charge is 2.36. The van der Waals surface area contributed by atoms with Gasteiger partial charge in [0.1, 0.15) is 0 Å². The van der Waals surface area contributed by atoms with Crippen molar-refractivity contribution < 1.29 is 4.74 Å². The van der Waals surface area contributed by atoms with Crippen LogP contribution in [0, 0.1) is 0 Å². The minimum absolute atomic E-state index is 0.500. The Morgan fingerprint density at radius 1 is 1.17 bits per heavy atom. The molecule has 0 aromatic carbocycles. The number of rotatable bonds is 3. The number of hydrogen-bond acceptors (Lipinski definition) is 3. The normalized spacial score (nSPS) is 41.8. The number of piperidine rings is 1. The van der Waals surface area contributed by atoms with Crippen LogP contribution in [0.4, 0.5) is 0 Å². The SMILES string of the molecule is CCC1CC(NC2CCN3CCCCC23)CCO1. The Morgan fingerprint density at radius 3 is 3.00 bits per heavy atom. The molecule has 0 aromatic rings. The minimum atomic E-state index is 0.500. The highest BCUT2D eigenvalue weighted by atomic mass is 16.5. The molecule has 3 aliphatic rings. The Balaban J connectivity index is 1.53. The highest BCUT2D eigenvalue weighted by molar-refractivity contribution is 4.95. The van der Waals surface area contributed by atoms with E-state index in [1.54, 1.807) is 0 Å². The number of nitrogens with one attached hydrogen (secondary N) is 1. The molecule has 0 bridgehead atoms. The van der Waals surface area contributed by atoms with Crippen LogP contribution in [0.15, 0.2) is 0 Å². The summed E-state index contributed by atoms with van der Waals surface area (Å²) in [5, 5.41) is 3.96. The fourth-order valence-electron chi connectivity index (χ4n) is 4.06. The van der Waals surface area contributed by atoms with Crippen LogP contribution in [-0.4, -0.2) is 48.8 Å². The molecule has 104 valence electrons. The van der Waals surface area contributed by atoms with Crippen LogP contribution in [0.5, 0.6) is 0 Å². The summed E-state index contributed by atoms with van der Waals surface area (Å²) in [5.41, 5.74) is 0. The molecule has 3 heteroatoms. The second-order valence-electron chi connectivity index (χ2n) is 6.28. The van der Waals surface area contributed by atoms with E-state index in [4.69, 9.17) is 4.74 Å². The summed E-state index contributed by atoms with van der Waals surface area (Å²) < 4.78 is 5.78. The molecule has 4 unspecified atom stereocenters. The Kier molecular flexibility index (Phi) is 4.22. The first-order chi connectivity index (χ1) is 8.86. The lowest BCUT2D eigenvalue weighted by molar-refractivity contribution is -0.00308. The number of ether oxygens (including phenoxy) is 1. The number of hydrogen-bond donors (Lipinski definition) is 1. The molecule has 0 radical (unpaired) electrons. The lowest BCUT2D eigenvalue weighted by atomic mass is 9.95. The highest BCUT2D eigenvalue weighted by Crippen LogP contribution is 2.28. The third-order valence-electron chi connectivity index (χ3n) is 5.13. The van der Waals surface area contributed by atoms with Gasteiger partial charge in [-0.1, -0.05) is 13.3 Å². The van der Waals surface area contributed by atoms with Crippen LogP contribution in [0.3, 0.4) is 0 Å². The summed E-state index contributed by atoms with van der Waals surface area (Å²) in [5.74, 6) is 0. The maximum absolute atomic E-state index is 5.78. The standard InChI is InChI=1S/C15H28N2O/c1-2-13-11-12(7-10-18-13)16-14-6-9-17-8-4-3-5-15(14)17/h12-16H,2-11H2,1H3. The largest absolute Gasteiger partial charge is 0.378 e. The molecule has 1 N–H and O–H groups in total. The molecule has 0 amide bonds. The van der Waals surface area contributed by atoms with Crippen molar-refractivity contribution in [1.29, 1.82) is 0 Å². The fourth-order valence-corrected chi connectivity index (χ4v) is 4.06. The van der Waals surface area contributed by atoms with E-state index < -0.39 is 0 Å². The Hall–Kier alpha value is -0.120. The smallest absolute Gasteiger partial charge is 0.0587 e. The molecule has 18 heavy (non-hydrogen) atoms. The zero-order valence-electron chi connectivity index (χ0n) is 11.7. The lowest BCUT2D eigenvalue weighted by Gasteiger charge is -2.36. The summed E-state index contributed by atoms with van der Waals surface area (Å²) in [6.07, 6.45) is 9.72. The summed E-state index contributed by atoms with van der Waals surface area (Å²) in [6, 6.07) is 2.29. The molecule has 0 aromatic heterocycles. The van der Waals surface area contributed by atoms with E-state index in [9.17, 15) is 0 Å². The third kappa shape index (κ3) is 2.73. The van der Waals surface area contributed by atoms with Gasteiger partial charge in [-0.05, 0) is 45.1 Å². The average molecular weight is 252 g/mol. The van der Waals surface area contributed by atoms with Gasteiger partial charge in [-0.25, -0.2) is 0 Å². The molecule has 3 saturated heterocycles. The second kappa shape index (κ2) is 5.89. The zero-order chi connectivity index (χ0) is 12.4. The van der Waals surface area contributed by atoms with Crippen LogP contribution in [0.2, 0.25) is 0 Å². The van der Waals surface area contributed by atoms with E-state index >= 15 is 0 Å². The fraction of sp³-hybridized carbons (Fsp3) is 1.00. The van der Waals surface area contributed by atoms with Gasteiger partial charge in [0, 0.05) is 31.3 Å². The maximum Gasteiger partial charge on any atom is 0.0587 e. The summed E-state index contributed by atoms with van der Waals surface area (Å²) in [7, 11) is 0. The quantitative estimate of drug-likeness (QED) is 0.833. The predicted molar refractivity (Wildman–Crippen MR) is 73.8 cm³/mol. The van der Waals surface area contributed by atoms with Crippen molar-refractivity contribution in [3.63, 3.8) is 0 Å². The molecule has 3 nitrogen and oxygen atoms in total. The molecule has 0 aliphatic carbocycles. The summed E-state index contributed by atoms with van der Waals surface area (Å²) >= 11 is 0. The predicted octanol–water partition coefficient (Wildman–Crippen LogP) is 2.16. The van der Waals surface area contributed by atoms with Crippen LogP contribution < -0.4 is 5.32 Å². The molecular weight excluding hydrogens is 224 g/mol. The maximum atomic E-state index is 5.78. The van der Waals surface area contributed by atoms with Gasteiger partial charge >= 0.3 is 0 Å². The van der Waals surface area contributed by atoms with Gasteiger partial charge in [-0.3, -0.25) is 4.90 Å². The van der Waals surface area contributed by atoms with Crippen LogP contribution in [0.1, 0.15) is 51.9 Å². The van der Waals surface area contributed by atoms with E-state index in [1.807, 2.05) is 0 Å². The van der Waals surface area contributed by atoms with Crippen LogP contribution >= 0.6 is 0 Å². The second-order valence-corrected chi connectivity index (χ2v) is 6.28. The first-order valence-electron chi connectivity index (χ1n) is 7.98. The molecule has 3 rings (SSSR count). The third-order valence-corrected chi connectivity index (χ3v) is 5.13. The molecule has 3 heterocycles. The van der Waals surface area contributed by atoms with Gasteiger partial charge in [0.25, 0.3) is 0 Å². The first kappa shape index (κ1) is 12.9. The van der Waals surface area contributed by atoms with E-state index in [-0.39, 0.29) is 0 Å². The van der Waals surface area contributed by atoms with Crippen LogP contribution in [-0.2, 0) is 4.74 Å². The van der Waals surface area contributed by atoms with E-state index in [0.717, 1.165) is 18.7 Å². The van der Waals surface area contributed by atoms with Gasteiger partial charge in [0.05, 0.1) is 6.10 Å². The molecular formula is C15H28N2O. The first-order valence-corrected chi connectivity index (χ1v) is 7.98. The van der Waals surface area contributed by atoms with Gasteiger partial charge in [0.2, 0.25) is 0 Å². The molecule has 3 aliphatic heterocycles.